The van der Waals surface area contributed by atoms with Gasteiger partial charge in [-0.15, -0.1) is 10.2 Å². The number of aliphatic hydroxyl groups excluding tert-OH is 1. The molecule has 0 spiro atoms. The summed E-state index contributed by atoms with van der Waals surface area (Å²) in [7, 11) is 0. The van der Waals surface area contributed by atoms with Gasteiger partial charge in [-0.05, 0) is 41.5 Å². The molecule has 4 aromatic rings. The van der Waals surface area contributed by atoms with Crippen molar-refractivity contribution < 1.29 is 24.0 Å². The molecule has 0 radical (unpaired) electrons. The van der Waals surface area contributed by atoms with Crippen LogP contribution in [0.4, 0.5) is 10.8 Å². The topological polar surface area (TPSA) is 140 Å². The van der Waals surface area contributed by atoms with Crippen molar-refractivity contribution in [3.8, 4) is 0 Å². The number of ketones is 1. The molecule has 0 aliphatic carbocycles. The fourth-order valence-electron chi connectivity index (χ4n) is 3.78. The van der Waals surface area contributed by atoms with E-state index in [4.69, 9.17) is 16.0 Å². The van der Waals surface area contributed by atoms with Crippen LogP contribution in [0.25, 0.3) is 0 Å². The number of aliphatic hydroxyl groups is 1. The van der Waals surface area contributed by atoms with Gasteiger partial charge in [0.1, 0.15) is 0 Å². The van der Waals surface area contributed by atoms with E-state index in [1.165, 1.54) is 54.4 Å². The van der Waals surface area contributed by atoms with Crippen LogP contribution in [0.5, 0.6) is 0 Å². The number of hydrogen-bond donors (Lipinski definition) is 1. The predicted molar refractivity (Wildman–Crippen MR) is 137 cm³/mol. The molecular weight excluding hydrogens is 540 g/mol. The second-order valence-electron chi connectivity index (χ2n) is 7.73. The van der Waals surface area contributed by atoms with Gasteiger partial charge in [-0.2, -0.15) is 0 Å². The van der Waals surface area contributed by atoms with Crippen LogP contribution in [0.15, 0.2) is 87.0 Å². The monoisotopic (exact) mass is 554 g/mol. The van der Waals surface area contributed by atoms with Gasteiger partial charge in [0.2, 0.25) is 10.9 Å². The molecule has 1 unspecified atom stereocenters. The summed E-state index contributed by atoms with van der Waals surface area (Å²) in [6.45, 7) is 0. The highest BCUT2D eigenvalue weighted by molar-refractivity contribution is 8.00. The average molecular weight is 555 g/mol. The summed E-state index contributed by atoms with van der Waals surface area (Å²) in [4.78, 5) is 38.2. The fourth-order valence-corrected chi connectivity index (χ4v) is 5.94. The first-order valence-electron chi connectivity index (χ1n) is 10.6. The minimum absolute atomic E-state index is 0.0728. The highest BCUT2D eigenvalue weighted by atomic mass is 35.5. The van der Waals surface area contributed by atoms with Gasteiger partial charge in [0.05, 0.1) is 22.8 Å². The molecule has 1 amide bonds. The normalized spacial score (nSPS) is 15.4. The minimum Gasteiger partial charge on any atom is -0.503 e. The molecule has 1 N–H and O–H groups in total. The lowest BCUT2D eigenvalue weighted by Crippen LogP contribution is -2.31. The highest BCUT2D eigenvalue weighted by Gasteiger charge is 2.46. The highest BCUT2D eigenvalue weighted by Crippen LogP contribution is 2.44. The van der Waals surface area contributed by atoms with Gasteiger partial charge < -0.3 is 9.52 Å². The van der Waals surface area contributed by atoms with Crippen LogP contribution < -0.4 is 4.90 Å². The van der Waals surface area contributed by atoms with Crippen molar-refractivity contribution in [2.24, 2.45) is 0 Å². The number of nitro groups is 1. The van der Waals surface area contributed by atoms with Gasteiger partial charge in [-0.1, -0.05) is 52.9 Å². The van der Waals surface area contributed by atoms with Crippen molar-refractivity contribution in [2.75, 3.05) is 4.90 Å². The van der Waals surface area contributed by atoms with Crippen molar-refractivity contribution in [3.05, 3.63) is 110 Å². The molecule has 3 heterocycles. The number of Topliss-reactive ketones (excluding diaryl/α,β-unsaturated/α-hetero) is 1. The van der Waals surface area contributed by atoms with Gasteiger partial charge >= 0.3 is 0 Å². The van der Waals surface area contributed by atoms with E-state index in [0.29, 0.717) is 20.7 Å². The number of thioether (sulfide) groups is 1. The maximum Gasteiger partial charge on any atom is 0.296 e. The second-order valence-corrected chi connectivity index (χ2v) is 10.3. The van der Waals surface area contributed by atoms with E-state index < -0.39 is 28.4 Å². The summed E-state index contributed by atoms with van der Waals surface area (Å²) >= 11 is 8.69. The number of furan rings is 1. The van der Waals surface area contributed by atoms with Gasteiger partial charge in [0.25, 0.3) is 11.6 Å². The number of anilines is 1. The molecule has 2 aromatic heterocycles. The van der Waals surface area contributed by atoms with Crippen molar-refractivity contribution in [2.45, 2.75) is 16.1 Å². The molecule has 5 rings (SSSR count). The molecule has 10 nitrogen and oxygen atoms in total. The Morgan fingerprint density at radius 2 is 1.92 bits per heavy atom. The summed E-state index contributed by atoms with van der Waals surface area (Å²) in [5, 5.41) is 31.0. The number of nitrogens with zero attached hydrogens (tertiary/aromatic N) is 4. The molecule has 2 aromatic carbocycles. The Kier molecular flexibility index (Phi) is 6.78. The van der Waals surface area contributed by atoms with Gasteiger partial charge in [0, 0.05) is 22.9 Å². The quantitative estimate of drug-likeness (QED) is 0.0944. The molecule has 1 aliphatic rings. The van der Waals surface area contributed by atoms with E-state index in [2.05, 4.69) is 10.2 Å². The van der Waals surface area contributed by atoms with Crippen LogP contribution in [0.2, 0.25) is 5.02 Å². The van der Waals surface area contributed by atoms with Crippen LogP contribution in [0, 0.1) is 10.1 Å². The Labute approximate surface area is 222 Å². The lowest BCUT2D eigenvalue weighted by Gasteiger charge is -2.23. The molecular formula is C24H15ClN4O6S2. The smallest absolute Gasteiger partial charge is 0.296 e. The van der Waals surface area contributed by atoms with E-state index in [-0.39, 0.29) is 22.2 Å². The van der Waals surface area contributed by atoms with Gasteiger partial charge in [-0.25, -0.2) is 0 Å². The average Bonchev–Trinajstić information content (AvgIpc) is 3.64. The van der Waals surface area contributed by atoms with Crippen LogP contribution >= 0.6 is 34.7 Å². The number of benzene rings is 2. The standard InChI is InChI=1S/C24H15ClN4O6S2/c25-16-5-2-1-4-14(16)12-36-24-27-26-23(37-24)28-19(13-7-9-15(10-8-13)29(33)34)18(21(31)22(28)32)20(30)17-6-3-11-35-17/h1-11,19,31H,12H2. The van der Waals surface area contributed by atoms with E-state index in [0.717, 1.165) is 21.8 Å². The van der Waals surface area contributed by atoms with E-state index in [9.17, 15) is 24.8 Å². The van der Waals surface area contributed by atoms with E-state index in [1.807, 2.05) is 18.2 Å². The maximum absolute atomic E-state index is 13.2. The van der Waals surface area contributed by atoms with Crippen LogP contribution in [0.1, 0.15) is 27.7 Å². The van der Waals surface area contributed by atoms with Crippen molar-refractivity contribution in [1.82, 2.24) is 10.2 Å². The van der Waals surface area contributed by atoms with Gasteiger partial charge in [0.15, 0.2) is 15.9 Å². The number of carbonyl (C=O) groups excluding carboxylic acids is 2. The molecule has 0 fully saturated rings. The second kappa shape index (κ2) is 10.2. The Morgan fingerprint density at radius 1 is 1.16 bits per heavy atom. The van der Waals surface area contributed by atoms with Crippen LogP contribution in [0.3, 0.4) is 0 Å². The van der Waals surface area contributed by atoms with Gasteiger partial charge in [-0.3, -0.25) is 24.6 Å². The SMILES string of the molecule is O=C(C1=C(O)C(=O)N(c2nnc(SCc3ccccc3Cl)s2)C1c1ccc([N+](=O)[O-])cc1)c1ccco1. The number of carbonyl (C=O) groups is 2. The zero-order valence-corrected chi connectivity index (χ0v) is 21.0. The van der Waals surface area contributed by atoms with Crippen LogP contribution in [-0.4, -0.2) is 31.9 Å². The van der Waals surface area contributed by atoms with E-state index in [1.54, 1.807) is 6.07 Å². The molecule has 0 saturated heterocycles. The largest absolute Gasteiger partial charge is 0.503 e. The Morgan fingerprint density at radius 3 is 2.59 bits per heavy atom. The van der Waals surface area contributed by atoms with Crippen molar-refractivity contribution in [1.29, 1.82) is 0 Å². The molecule has 1 atom stereocenters. The number of aromatic nitrogens is 2. The number of halogens is 1. The summed E-state index contributed by atoms with van der Waals surface area (Å²) in [5.74, 6) is -1.86. The van der Waals surface area contributed by atoms with E-state index >= 15 is 0 Å². The number of rotatable bonds is 8. The molecule has 186 valence electrons. The Hall–Kier alpha value is -4.00. The number of nitro benzene ring substituents is 1. The summed E-state index contributed by atoms with van der Waals surface area (Å²) in [6, 6.07) is 14.5. The third kappa shape index (κ3) is 4.73. The zero-order valence-electron chi connectivity index (χ0n) is 18.6. The Bertz CT molecular complexity index is 1530. The van der Waals surface area contributed by atoms with Crippen molar-refractivity contribution >= 4 is 57.2 Å². The molecule has 37 heavy (non-hydrogen) atoms. The first-order chi connectivity index (χ1) is 17.8. The fraction of sp³-hybridized carbons (Fsp3) is 0.0833. The first-order valence-corrected chi connectivity index (χ1v) is 12.8. The third-order valence-corrected chi connectivity index (χ3v) is 8.00. The summed E-state index contributed by atoms with van der Waals surface area (Å²) < 4.78 is 5.74. The zero-order chi connectivity index (χ0) is 26.1. The lowest BCUT2D eigenvalue weighted by atomic mass is 9.95. The molecule has 0 saturated carbocycles. The molecule has 13 heteroatoms. The molecule has 1 aliphatic heterocycles. The number of hydrogen-bond acceptors (Lipinski definition) is 10. The lowest BCUT2D eigenvalue weighted by molar-refractivity contribution is -0.384. The van der Waals surface area contributed by atoms with Crippen molar-refractivity contribution in [3.63, 3.8) is 0 Å². The molecule has 0 bridgehead atoms. The number of non-ortho nitro benzene ring substituents is 1. The predicted octanol–water partition coefficient (Wildman–Crippen LogP) is 5.77. The summed E-state index contributed by atoms with van der Waals surface area (Å²) in [6.07, 6.45) is 1.30. The summed E-state index contributed by atoms with van der Waals surface area (Å²) in [5.41, 5.74) is 0.867. The number of amides is 1. The minimum atomic E-state index is -1.11. The Balaban J connectivity index is 1.50. The maximum atomic E-state index is 13.2. The third-order valence-electron chi connectivity index (χ3n) is 5.53. The first kappa shape index (κ1) is 24.7. The van der Waals surface area contributed by atoms with Crippen LogP contribution in [-0.2, 0) is 10.5 Å².